The van der Waals surface area contributed by atoms with Crippen molar-refractivity contribution in [1.29, 1.82) is 0 Å². The molecule has 0 radical (unpaired) electrons. The first-order valence-electron chi connectivity index (χ1n) is 10.8. The van der Waals surface area contributed by atoms with Crippen LogP contribution < -0.4 is 10.2 Å². The van der Waals surface area contributed by atoms with Gasteiger partial charge in [0.05, 0.1) is 12.6 Å². The highest BCUT2D eigenvalue weighted by molar-refractivity contribution is 5.85. The summed E-state index contributed by atoms with van der Waals surface area (Å²) in [4.78, 5) is 2.25. The van der Waals surface area contributed by atoms with E-state index in [0.29, 0.717) is 6.54 Å². The number of nitrogens with one attached hydrogen (secondary N) is 1. The van der Waals surface area contributed by atoms with E-state index in [1.807, 2.05) is 10.7 Å². The molecule has 164 valence electrons. The Bertz CT molecular complexity index is 975. The molecule has 1 spiro atoms. The molecule has 0 aliphatic carbocycles. The molecule has 2 aromatic carbocycles. The lowest BCUT2D eigenvalue weighted by Gasteiger charge is -2.48. The molecule has 31 heavy (non-hydrogen) atoms. The van der Waals surface area contributed by atoms with Crippen LogP contribution in [-0.2, 0) is 6.54 Å². The summed E-state index contributed by atoms with van der Waals surface area (Å²) in [5.41, 5.74) is 3.47. The fraction of sp³-hybridized carbons (Fsp3) is 0.435. The Balaban J connectivity index is 0.00000231. The number of nitrogens with zero attached hydrogens (tertiary/aromatic N) is 5. The van der Waals surface area contributed by atoms with Crippen molar-refractivity contribution in [1.82, 2.24) is 25.5 Å². The van der Waals surface area contributed by atoms with Crippen LogP contribution in [-0.4, -0.2) is 57.6 Å². The molecular weight excluding hydrogens is 412 g/mol. The van der Waals surface area contributed by atoms with Crippen LogP contribution in [0.3, 0.4) is 0 Å². The van der Waals surface area contributed by atoms with Crippen LogP contribution in [0.25, 0.3) is 11.1 Å². The van der Waals surface area contributed by atoms with Crippen molar-refractivity contribution in [3.05, 3.63) is 60.2 Å². The minimum absolute atomic E-state index is 0. The van der Waals surface area contributed by atoms with E-state index in [1.54, 1.807) is 0 Å². The Hall–Kier alpha value is -2.48. The Kier molecular flexibility index (Phi) is 6.55. The van der Waals surface area contributed by atoms with Gasteiger partial charge in [-0.3, -0.25) is 0 Å². The normalized spacial score (nSPS) is 23.5. The zero-order valence-electron chi connectivity index (χ0n) is 17.5. The van der Waals surface area contributed by atoms with Crippen molar-refractivity contribution in [2.24, 2.45) is 5.41 Å². The van der Waals surface area contributed by atoms with Crippen LogP contribution in [0, 0.1) is 5.41 Å². The summed E-state index contributed by atoms with van der Waals surface area (Å²) in [5, 5.41) is 26.7. The lowest BCUT2D eigenvalue weighted by molar-refractivity contribution is -0.0104. The van der Waals surface area contributed by atoms with Gasteiger partial charge < -0.3 is 15.3 Å². The Labute approximate surface area is 188 Å². The summed E-state index contributed by atoms with van der Waals surface area (Å²) in [5.74, 6) is 0.791. The molecule has 2 aliphatic heterocycles. The van der Waals surface area contributed by atoms with Gasteiger partial charge in [0.25, 0.3) is 0 Å². The molecular formula is C23H29ClN6O. The molecule has 2 saturated heterocycles. The van der Waals surface area contributed by atoms with Crippen molar-refractivity contribution in [3.8, 4) is 11.1 Å². The second-order valence-electron chi connectivity index (χ2n) is 8.57. The van der Waals surface area contributed by atoms with E-state index in [4.69, 9.17) is 0 Å². The fourth-order valence-electron chi connectivity index (χ4n) is 4.88. The predicted molar refractivity (Wildman–Crippen MR) is 123 cm³/mol. The average Bonchev–Trinajstić information content (AvgIpc) is 3.25. The van der Waals surface area contributed by atoms with Gasteiger partial charge in [0.15, 0.2) is 0 Å². The highest BCUT2D eigenvalue weighted by Crippen LogP contribution is 2.37. The van der Waals surface area contributed by atoms with E-state index in [1.165, 1.54) is 11.1 Å². The zero-order chi connectivity index (χ0) is 20.4. The van der Waals surface area contributed by atoms with Gasteiger partial charge in [-0.1, -0.05) is 59.7 Å². The SMILES string of the molecule is Cl.O[C@H]1CCNC[C@]12CCCN(c1nnnn1Cc1ccc(-c3ccccc3)cc1)C2. The number of tetrazole rings is 1. The van der Waals surface area contributed by atoms with Gasteiger partial charge in [-0.25, -0.2) is 4.68 Å². The van der Waals surface area contributed by atoms with E-state index in [2.05, 4.69) is 74.3 Å². The number of halogens is 1. The maximum absolute atomic E-state index is 10.7. The summed E-state index contributed by atoms with van der Waals surface area (Å²) < 4.78 is 1.87. The first-order chi connectivity index (χ1) is 14.7. The molecule has 2 atom stereocenters. The summed E-state index contributed by atoms with van der Waals surface area (Å²) in [7, 11) is 0. The minimum atomic E-state index is -0.267. The molecule has 0 amide bonds. The van der Waals surface area contributed by atoms with Crippen LogP contribution in [0.1, 0.15) is 24.8 Å². The first-order valence-corrected chi connectivity index (χ1v) is 10.8. The van der Waals surface area contributed by atoms with Gasteiger partial charge in [-0.15, -0.1) is 12.4 Å². The highest BCUT2D eigenvalue weighted by Gasteiger charge is 2.44. The van der Waals surface area contributed by atoms with E-state index in [-0.39, 0.29) is 23.9 Å². The van der Waals surface area contributed by atoms with Crippen molar-refractivity contribution >= 4 is 18.4 Å². The number of aromatic nitrogens is 4. The summed E-state index contributed by atoms with van der Waals surface area (Å²) >= 11 is 0. The number of rotatable bonds is 4. The van der Waals surface area contributed by atoms with E-state index >= 15 is 0 Å². The Morgan fingerprint density at radius 1 is 1.06 bits per heavy atom. The topological polar surface area (TPSA) is 79.1 Å². The molecule has 7 nitrogen and oxygen atoms in total. The number of hydrogen-bond acceptors (Lipinski definition) is 6. The van der Waals surface area contributed by atoms with E-state index in [0.717, 1.165) is 57.0 Å². The molecule has 2 N–H and O–H groups in total. The third kappa shape index (κ3) is 4.44. The zero-order valence-corrected chi connectivity index (χ0v) is 18.3. The second kappa shape index (κ2) is 9.34. The summed E-state index contributed by atoms with van der Waals surface area (Å²) in [6.07, 6.45) is 2.63. The molecule has 0 unspecified atom stereocenters. The van der Waals surface area contributed by atoms with Crippen LogP contribution in [0.4, 0.5) is 5.95 Å². The van der Waals surface area contributed by atoms with Gasteiger partial charge in [0.1, 0.15) is 0 Å². The standard InChI is InChI=1S/C23H28N6O.ClH/c30-21-11-13-24-16-23(21)12-4-14-28(17-23)22-25-26-27-29(22)15-18-7-9-20(10-8-18)19-5-2-1-3-6-19;/h1-3,5-10,21,24,30H,4,11-17H2;1H/t21-,23-;/m0./s1. The fourth-order valence-corrected chi connectivity index (χ4v) is 4.88. The van der Waals surface area contributed by atoms with E-state index < -0.39 is 0 Å². The predicted octanol–water partition coefficient (Wildman–Crippen LogP) is 2.75. The molecule has 8 heteroatoms. The quantitative estimate of drug-likeness (QED) is 0.649. The lowest BCUT2D eigenvalue weighted by atomic mass is 9.72. The highest BCUT2D eigenvalue weighted by atomic mass is 35.5. The number of aliphatic hydroxyl groups is 1. The first kappa shape index (κ1) is 21.7. The molecule has 3 heterocycles. The molecule has 2 aliphatic rings. The maximum atomic E-state index is 10.7. The second-order valence-corrected chi connectivity index (χ2v) is 8.57. The smallest absolute Gasteiger partial charge is 0.245 e. The van der Waals surface area contributed by atoms with Gasteiger partial charge >= 0.3 is 0 Å². The number of aliphatic hydroxyl groups excluding tert-OH is 1. The molecule has 3 aromatic rings. The van der Waals surface area contributed by atoms with Crippen molar-refractivity contribution in [3.63, 3.8) is 0 Å². The molecule has 5 rings (SSSR count). The number of piperidine rings is 2. The number of hydrogen-bond donors (Lipinski definition) is 2. The van der Waals surface area contributed by atoms with E-state index in [9.17, 15) is 5.11 Å². The van der Waals surface area contributed by atoms with Crippen LogP contribution in [0.15, 0.2) is 54.6 Å². The van der Waals surface area contributed by atoms with Crippen molar-refractivity contribution in [2.75, 3.05) is 31.1 Å². The van der Waals surface area contributed by atoms with Gasteiger partial charge in [-0.2, -0.15) is 0 Å². The van der Waals surface area contributed by atoms with Gasteiger partial charge in [-0.05, 0) is 52.9 Å². The van der Waals surface area contributed by atoms with Crippen molar-refractivity contribution < 1.29 is 5.11 Å². The van der Waals surface area contributed by atoms with Crippen LogP contribution in [0.2, 0.25) is 0 Å². The van der Waals surface area contributed by atoms with Crippen molar-refractivity contribution in [2.45, 2.75) is 31.9 Å². The van der Waals surface area contributed by atoms with Crippen LogP contribution >= 0.6 is 12.4 Å². The summed E-state index contributed by atoms with van der Waals surface area (Å²) in [6, 6.07) is 19.0. The third-order valence-corrected chi connectivity index (χ3v) is 6.58. The number of benzene rings is 2. The average molecular weight is 441 g/mol. The molecule has 0 saturated carbocycles. The van der Waals surface area contributed by atoms with Gasteiger partial charge in [0, 0.05) is 25.0 Å². The Morgan fingerprint density at radius 3 is 2.61 bits per heavy atom. The largest absolute Gasteiger partial charge is 0.392 e. The summed E-state index contributed by atoms with van der Waals surface area (Å²) in [6.45, 7) is 4.07. The number of anilines is 1. The van der Waals surface area contributed by atoms with Crippen LogP contribution in [0.5, 0.6) is 0 Å². The minimum Gasteiger partial charge on any atom is -0.392 e. The molecule has 0 bridgehead atoms. The monoisotopic (exact) mass is 440 g/mol. The lowest BCUT2D eigenvalue weighted by Crippen LogP contribution is -2.58. The maximum Gasteiger partial charge on any atom is 0.245 e. The Morgan fingerprint density at radius 2 is 1.84 bits per heavy atom. The molecule has 1 aromatic heterocycles. The molecule has 2 fully saturated rings. The van der Waals surface area contributed by atoms with Gasteiger partial charge in [0.2, 0.25) is 5.95 Å². The third-order valence-electron chi connectivity index (χ3n) is 6.58.